The Kier molecular flexibility index (Phi) is 11.0. The molecule has 0 bridgehead atoms. The fourth-order valence-corrected chi connectivity index (χ4v) is 3.06. The number of nitrogens with zero attached hydrogens (tertiary/aromatic N) is 1. The van der Waals surface area contributed by atoms with E-state index in [1.165, 1.54) is 19.4 Å². The van der Waals surface area contributed by atoms with Crippen molar-refractivity contribution in [1.29, 1.82) is 0 Å². The molecule has 1 rings (SSSR count). The summed E-state index contributed by atoms with van der Waals surface area (Å²) in [5, 5.41) is 26.6. The van der Waals surface area contributed by atoms with Gasteiger partial charge < -0.3 is 36.9 Å². The number of rotatable bonds is 13. The molecule has 0 saturated carbocycles. The highest BCUT2D eigenvalue weighted by molar-refractivity contribution is 5.94. The number of aliphatic hydroxyl groups excluding tert-OH is 1. The van der Waals surface area contributed by atoms with Crippen molar-refractivity contribution in [3.8, 4) is 0 Å². The molecule has 1 heterocycles. The number of hydrogen-bond donors (Lipinski definition) is 7. The number of carbonyl (C=O) groups excluding carboxylic acids is 3. The van der Waals surface area contributed by atoms with Crippen molar-refractivity contribution in [2.24, 2.45) is 17.6 Å². The number of carbonyl (C=O) groups is 4. The predicted octanol–water partition coefficient (Wildman–Crippen LogP) is -1.10. The van der Waals surface area contributed by atoms with Crippen LogP contribution < -0.4 is 21.7 Å². The van der Waals surface area contributed by atoms with Gasteiger partial charge in [0.1, 0.15) is 24.2 Å². The monoisotopic (exact) mass is 468 g/mol. The smallest absolute Gasteiger partial charge is 0.326 e. The van der Waals surface area contributed by atoms with E-state index >= 15 is 0 Å². The molecule has 0 fully saturated rings. The van der Waals surface area contributed by atoms with Gasteiger partial charge in [0.05, 0.1) is 12.4 Å². The first-order chi connectivity index (χ1) is 15.3. The van der Waals surface area contributed by atoms with Crippen LogP contribution in [0.3, 0.4) is 0 Å². The summed E-state index contributed by atoms with van der Waals surface area (Å²) in [6.45, 7) is 8.38. The zero-order chi connectivity index (χ0) is 25.3. The second-order valence-corrected chi connectivity index (χ2v) is 8.87. The van der Waals surface area contributed by atoms with Gasteiger partial charge in [0.15, 0.2) is 0 Å². The molecule has 5 atom stereocenters. The van der Waals surface area contributed by atoms with Crippen LogP contribution in [0.2, 0.25) is 0 Å². The highest BCUT2D eigenvalue weighted by atomic mass is 16.4. The van der Waals surface area contributed by atoms with Gasteiger partial charge in [-0.2, -0.15) is 0 Å². The number of aliphatic hydroxyl groups is 1. The normalized spacial score (nSPS) is 15.9. The van der Waals surface area contributed by atoms with E-state index in [1.54, 1.807) is 13.8 Å². The number of amides is 3. The lowest BCUT2D eigenvalue weighted by molar-refractivity contribution is -0.143. The maximum atomic E-state index is 13.1. The summed E-state index contributed by atoms with van der Waals surface area (Å²) >= 11 is 0. The zero-order valence-corrected chi connectivity index (χ0v) is 19.7. The summed E-state index contributed by atoms with van der Waals surface area (Å²) in [6.07, 6.45) is 2.07. The average molecular weight is 469 g/mol. The Balaban J connectivity index is 3.07. The van der Waals surface area contributed by atoms with Gasteiger partial charge in [0.25, 0.3) is 0 Å². The number of carboxylic acid groups (broad SMARTS) is 1. The molecule has 5 unspecified atom stereocenters. The standard InChI is InChI=1S/C21H36N6O6/c1-10(2)6-14(26-20(31)16(22)12(5)28)18(29)25-15(7-13-8-23-9-24-13)19(30)27-17(11(3)4)21(32)33/h8-12,14-17,28H,6-7,22H2,1-5H3,(H,23,24)(H,25,29)(H,26,31)(H,27,30)(H,32,33). The van der Waals surface area contributed by atoms with E-state index in [4.69, 9.17) is 5.73 Å². The van der Waals surface area contributed by atoms with E-state index in [1.807, 2.05) is 13.8 Å². The third-order valence-electron chi connectivity index (χ3n) is 5.00. The lowest BCUT2D eigenvalue weighted by Crippen LogP contribution is -2.59. The van der Waals surface area contributed by atoms with Crippen LogP contribution in [0.25, 0.3) is 0 Å². The van der Waals surface area contributed by atoms with Crippen molar-refractivity contribution in [2.75, 3.05) is 0 Å². The highest BCUT2D eigenvalue weighted by Gasteiger charge is 2.32. The predicted molar refractivity (Wildman–Crippen MR) is 120 cm³/mol. The minimum absolute atomic E-state index is 0.0149. The summed E-state index contributed by atoms with van der Waals surface area (Å²) in [7, 11) is 0. The van der Waals surface area contributed by atoms with E-state index < -0.39 is 54.0 Å². The van der Waals surface area contributed by atoms with Crippen LogP contribution in [-0.2, 0) is 25.6 Å². The van der Waals surface area contributed by atoms with Crippen LogP contribution >= 0.6 is 0 Å². The van der Waals surface area contributed by atoms with Gasteiger partial charge in [-0.1, -0.05) is 27.7 Å². The summed E-state index contributed by atoms with van der Waals surface area (Å²) in [5.74, 6) is -3.58. The van der Waals surface area contributed by atoms with Crippen LogP contribution in [0.4, 0.5) is 0 Å². The summed E-state index contributed by atoms with van der Waals surface area (Å²) in [5.41, 5.74) is 6.21. The average Bonchev–Trinajstić information content (AvgIpc) is 3.22. The van der Waals surface area contributed by atoms with Crippen molar-refractivity contribution in [3.63, 3.8) is 0 Å². The maximum absolute atomic E-state index is 13.1. The van der Waals surface area contributed by atoms with Gasteiger partial charge in [0.2, 0.25) is 17.7 Å². The Morgan fingerprint density at radius 2 is 1.58 bits per heavy atom. The molecule has 0 aliphatic carbocycles. The van der Waals surface area contributed by atoms with E-state index in [2.05, 4.69) is 25.9 Å². The number of nitrogens with one attached hydrogen (secondary N) is 4. The Labute approximate surface area is 193 Å². The number of aromatic amines is 1. The van der Waals surface area contributed by atoms with Gasteiger partial charge in [-0.3, -0.25) is 14.4 Å². The number of H-pyrrole nitrogens is 1. The molecule has 0 aliphatic heterocycles. The van der Waals surface area contributed by atoms with Gasteiger partial charge in [-0.15, -0.1) is 0 Å². The topological polar surface area (TPSA) is 200 Å². The van der Waals surface area contributed by atoms with Crippen molar-refractivity contribution in [2.45, 2.75) is 77.7 Å². The molecule has 0 aromatic carbocycles. The van der Waals surface area contributed by atoms with Crippen LogP contribution in [0, 0.1) is 11.8 Å². The third-order valence-corrected chi connectivity index (χ3v) is 5.00. The van der Waals surface area contributed by atoms with Crippen molar-refractivity contribution in [1.82, 2.24) is 25.9 Å². The molecule has 1 aromatic rings. The maximum Gasteiger partial charge on any atom is 0.326 e. The first-order valence-corrected chi connectivity index (χ1v) is 10.9. The molecule has 3 amide bonds. The zero-order valence-electron chi connectivity index (χ0n) is 19.7. The van der Waals surface area contributed by atoms with Gasteiger partial charge in [0, 0.05) is 18.3 Å². The van der Waals surface area contributed by atoms with Gasteiger partial charge >= 0.3 is 5.97 Å². The van der Waals surface area contributed by atoms with Crippen molar-refractivity contribution >= 4 is 23.7 Å². The minimum atomic E-state index is -1.22. The lowest BCUT2D eigenvalue weighted by Gasteiger charge is -2.26. The summed E-state index contributed by atoms with van der Waals surface area (Å²) < 4.78 is 0. The fraction of sp³-hybridized carbons (Fsp3) is 0.667. The van der Waals surface area contributed by atoms with E-state index in [0.29, 0.717) is 5.69 Å². The van der Waals surface area contributed by atoms with Crippen molar-refractivity contribution < 1.29 is 29.4 Å². The lowest BCUT2D eigenvalue weighted by atomic mass is 10.0. The molecule has 8 N–H and O–H groups in total. The number of imidazole rings is 1. The number of nitrogens with two attached hydrogens (primary N) is 1. The number of aromatic nitrogens is 2. The Morgan fingerprint density at radius 1 is 1.00 bits per heavy atom. The Morgan fingerprint density at radius 3 is 2.03 bits per heavy atom. The summed E-state index contributed by atoms with van der Waals surface area (Å²) in [4.78, 5) is 56.5. The van der Waals surface area contributed by atoms with Gasteiger partial charge in [-0.05, 0) is 25.2 Å². The quantitative estimate of drug-likeness (QED) is 0.189. The van der Waals surface area contributed by atoms with E-state index in [9.17, 15) is 29.4 Å². The largest absolute Gasteiger partial charge is 0.480 e. The highest BCUT2D eigenvalue weighted by Crippen LogP contribution is 2.09. The number of carboxylic acids is 1. The minimum Gasteiger partial charge on any atom is -0.480 e. The Hall–Kier alpha value is -2.99. The molecule has 1 aromatic heterocycles. The fourth-order valence-electron chi connectivity index (χ4n) is 3.06. The third kappa shape index (κ3) is 9.18. The Bertz CT molecular complexity index is 795. The molecule has 0 radical (unpaired) electrons. The molecule has 12 nitrogen and oxygen atoms in total. The number of aliphatic carboxylic acids is 1. The van der Waals surface area contributed by atoms with Gasteiger partial charge in [-0.25, -0.2) is 9.78 Å². The molecule has 0 aliphatic rings. The molecular weight excluding hydrogens is 432 g/mol. The summed E-state index contributed by atoms with van der Waals surface area (Å²) in [6, 6.07) is -4.51. The van der Waals surface area contributed by atoms with E-state index in [0.717, 1.165) is 0 Å². The molecule has 0 saturated heterocycles. The second-order valence-electron chi connectivity index (χ2n) is 8.87. The number of hydrogen-bond acceptors (Lipinski definition) is 7. The van der Waals surface area contributed by atoms with Crippen LogP contribution in [0.5, 0.6) is 0 Å². The van der Waals surface area contributed by atoms with Crippen molar-refractivity contribution in [3.05, 3.63) is 18.2 Å². The SMILES string of the molecule is CC(C)CC(NC(=O)C(N)C(C)O)C(=O)NC(Cc1cnc[nH]1)C(=O)NC(C(=O)O)C(C)C. The molecule has 186 valence electrons. The molecule has 33 heavy (non-hydrogen) atoms. The first-order valence-electron chi connectivity index (χ1n) is 10.9. The molecular formula is C21H36N6O6. The van der Waals surface area contributed by atoms with E-state index in [-0.39, 0.29) is 24.7 Å². The molecule has 12 heteroatoms. The van der Waals surface area contributed by atoms with Crippen LogP contribution in [0.15, 0.2) is 12.5 Å². The second kappa shape index (κ2) is 12.9. The molecule has 0 spiro atoms. The first kappa shape index (κ1) is 28.0. The van der Waals surface area contributed by atoms with Crippen LogP contribution in [-0.4, -0.2) is 74.1 Å². The van der Waals surface area contributed by atoms with Crippen LogP contribution in [0.1, 0.15) is 46.7 Å².